The lowest BCUT2D eigenvalue weighted by Gasteiger charge is -1.88. The average molecular weight is 174 g/mol. The molecule has 2 heterocycles. The second kappa shape index (κ2) is 3.26. The van der Waals surface area contributed by atoms with Gasteiger partial charge in [0, 0.05) is 31.2 Å². The van der Waals surface area contributed by atoms with Gasteiger partial charge >= 0.3 is 0 Å². The molecule has 0 N–H and O–H groups in total. The van der Waals surface area contributed by atoms with Crippen molar-refractivity contribution in [2.75, 3.05) is 0 Å². The first-order chi connectivity index (χ1) is 6.34. The Labute approximate surface area is 76.1 Å². The highest BCUT2D eigenvalue weighted by Gasteiger charge is 1.89. The number of rotatable bonds is 2. The van der Waals surface area contributed by atoms with Gasteiger partial charge < -0.3 is 0 Å². The van der Waals surface area contributed by atoms with E-state index < -0.39 is 0 Å². The second-order valence-electron chi connectivity index (χ2n) is 2.75. The van der Waals surface area contributed by atoms with E-state index in [2.05, 4.69) is 10.2 Å². The third-order valence-corrected chi connectivity index (χ3v) is 1.65. The minimum absolute atomic E-state index is 0.996. The largest absolute Gasteiger partial charge is 0.275 e. The summed E-state index contributed by atoms with van der Waals surface area (Å²) in [5.41, 5.74) is 0.996. The Hall–Kier alpha value is -1.84. The standard InChI is InChI=1S/C9H10N4/c1-12-8-9(6-10-12)7-11-13-4-2-3-5-13/h2-8H,1H3/b11-7+. The van der Waals surface area contributed by atoms with Crippen molar-refractivity contribution in [3.8, 4) is 0 Å². The monoisotopic (exact) mass is 174 g/mol. The maximum Gasteiger partial charge on any atom is 0.0582 e. The lowest BCUT2D eigenvalue weighted by Crippen LogP contribution is -1.86. The minimum atomic E-state index is 0.996. The van der Waals surface area contributed by atoms with E-state index in [4.69, 9.17) is 0 Å². The normalized spacial score (nSPS) is 11.2. The molecule has 0 amide bonds. The zero-order valence-electron chi connectivity index (χ0n) is 7.33. The first kappa shape index (κ1) is 7.79. The molecule has 0 unspecified atom stereocenters. The Kier molecular flexibility index (Phi) is 1.96. The van der Waals surface area contributed by atoms with Gasteiger partial charge in [0.05, 0.1) is 12.4 Å². The SMILES string of the molecule is Cn1cc(/C=N/n2cccc2)cn1. The Morgan fingerprint density at radius 3 is 2.77 bits per heavy atom. The van der Waals surface area contributed by atoms with Crippen molar-refractivity contribution in [1.82, 2.24) is 14.5 Å². The van der Waals surface area contributed by atoms with Gasteiger partial charge in [0.2, 0.25) is 0 Å². The molecule has 0 saturated heterocycles. The van der Waals surface area contributed by atoms with E-state index in [1.54, 1.807) is 21.8 Å². The number of hydrogen-bond acceptors (Lipinski definition) is 2. The van der Waals surface area contributed by atoms with Crippen LogP contribution in [-0.2, 0) is 7.05 Å². The summed E-state index contributed by atoms with van der Waals surface area (Å²) in [5, 5.41) is 8.22. The summed E-state index contributed by atoms with van der Waals surface area (Å²) in [5.74, 6) is 0. The summed E-state index contributed by atoms with van der Waals surface area (Å²) in [6.07, 6.45) is 9.22. The van der Waals surface area contributed by atoms with Crippen LogP contribution in [0.4, 0.5) is 0 Å². The molecule has 66 valence electrons. The quantitative estimate of drug-likeness (QED) is 0.628. The minimum Gasteiger partial charge on any atom is -0.275 e. The van der Waals surface area contributed by atoms with Crippen LogP contribution in [-0.4, -0.2) is 20.7 Å². The van der Waals surface area contributed by atoms with E-state index in [0.717, 1.165) is 5.56 Å². The molecule has 0 aliphatic rings. The maximum absolute atomic E-state index is 4.19. The van der Waals surface area contributed by atoms with Crippen LogP contribution in [0.15, 0.2) is 42.0 Å². The van der Waals surface area contributed by atoms with Gasteiger partial charge in [-0.25, -0.2) is 4.68 Å². The molecule has 2 aromatic heterocycles. The Bertz CT molecular complexity index is 397. The fraction of sp³-hybridized carbons (Fsp3) is 0.111. The van der Waals surface area contributed by atoms with E-state index in [1.165, 1.54) is 0 Å². The Morgan fingerprint density at radius 2 is 2.15 bits per heavy atom. The maximum atomic E-state index is 4.19. The van der Waals surface area contributed by atoms with Gasteiger partial charge in [-0.1, -0.05) is 0 Å². The van der Waals surface area contributed by atoms with E-state index >= 15 is 0 Å². The van der Waals surface area contributed by atoms with Crippen LogP contribution in [0.1, 0.15) is 5.56 Å². The predicted molar refractivity (Wildman–Crippen MR) is 50.6 cm³/mol. The van der Waals surface area contributed by atoms with Crippen molar-refractivity contribution in [3.05, 3.63) is 42.5 Å². The molecular formula is C9H10N4. The fourth-order valence-electron chi connectivity index (χ4n) is 1.04. The third kappa shape index (κ3) is 1.84. The van der Waals surface area contributed by atoms with Crippen LogP contribution < -0.4 is 0 Å². The zero-order chi connectivity index (χ0) is 9.10. The lowest BCUT2D eigenvalue weighted by molar-refractivity contribution is 0.767. The molecule has 2 rings (SSSR count). The molecule has 2 aromatic rings. The van der Waals surface area contributed by atoms with Crippen molar-refractivity contribution in [2.24, 2.45) is 12.1 Å². The molecule has 0 atom stereocenters. The molecule has 0 radical (unpaired) electrons. The zero-order valence-corrected chi connectivity index (χ0v) is 7.33. The van der Waals surface area contributed by atoms with Crippen LogP contribution in [0.3, 0.4) is 0 Å². The van der Waals surface area contributed by atoms with Gasteiger partial charge in [-0.15, -0.1) is 0 Å². The molecule has 0 bridgehead atoms. The Morgan fingerprint density at radius 1 is 1.38 bits per heavy atom. The average Bonchev–Trinajstić information content (AvgIpc) is 2.71. The number of aryl methyl sites for hydroxylation is 1. The van der Waals surface area contributed by atoms with E-state index in [0.29, 0.717) is 0 Å². The highest BCUT2D eigenvalue weighted by atomic mass is 15.3. The smallest absolute Gasteiger partial charge is 0.0582 e. The van der Waals surface area contributed by atoms with E-state index in [9.17, 15) is 0 Å². The third-order valence-electron chi connectivity index (χ3n) is 1.65. The van der Waals surface area contributed by atoms with Gasteiger partial charge in [-0.2, -0.15) is 10.2 Å². The van der Waals surface area contributed by atoms with Crippen LogP contribution in [0.2, 0.25) is 0 Å². The van der Waals surface area contributed by atoms with Crippen LogP contribution in [0.25, 0.3) is 0 Å². The first-order valence-electron chi connectivity index (χ1n) is 4.00. The summed E-state index contributed by atoms with van der Waals surface area (Å²) < 4.78 is 3.49. The topological polar surface area (TPSA) is 35.1 Å². The molecule has 4 heteroatoms. The molecule has 0 saturated carbocycles. The first-order valence-corrected chi connectivity index (χ1v) is 4.00. The highest BCUT2D eigenvalue weighted by Crippen LogP contribution is 1.93. The van der Waals surface area contributed by atoms with Gasteiger partial charge in [-0.3, -0.25) is 4.68 Å². The summed E-state index contributed by atoms with van der Waals surface area (Å²) >= 11 is 0. The van der Waals surface area contributed by atoms with Gasteiger partial charge in [0.25, 0.3) is 0 Å². The van der Waals surface area contributed by atoms with Gasteiger partial charge in [-0.05, 0) is 12.1 Å². The summed E-state index contributed by atoms with van der Waals surface area (Å²) in [4.78, 5) is 0. The molecule has 13 heavy (non-hydrogen) atoms. The molecule has 4 nitrogen and oxygen atoms in total. The van der Waals surface area contributed by atoms with Gasteiger partial charge in [0.1, 0.15) is 0 Å². The molecule has 0 spiro atoms. The lowest BCUT2D eigenvalue weighted by atomic mass is 10.4. The second-order valence-corrected chi connectivity index (χ2v) is 2.75. The summed E-state index contributed by atoms with van der Waals surface area (Å²) in [7, 11) is 1.88. The molecule has 0 aliphatic heterocycles. The number of hydrogen-bond donors (Lipinski definition) is 0. The molecule has 0 aliphatic carbocycles. The summed E-state index contributed by atoms with van der Waals surface area (Å²) in [6, 6.07) is 3.86. The van der Waals surface area contributed by atoms with Crippen LogP contribution in [0.5, 0.6) is 0 Å². The van der Waals surface area contributed by atoms with Crippen molar-refractivity contribution < 1.29 is 0 Å². The Balaban J connectivity index is 2.14. The number of nitrogens with zero attached hydrogens (tertiary/aromatic N) is 4. The highest BCUT2D eigenvalue weighted by molar-refractivity contribution is 5.78. The molecular weight excluding hydrogens is 164 g/mol. The molecule has 0 fully saturated rings. The van der Waals surface area contributed by atoms with Crippen molar-refractivity contribution >= 4 is 6.21 Å². The van der Waals surface area contributed by atoms with Crippen molar-refractivity contribution in [3.63, 3.8) is 0 Å². The van der Waals surface area contributed by atoms with Crippen molar-refractivity contribution in [2.45, 2.75) is 0 Å². The molecule has 0 aromatic carbocycles. The van der Waals surface area contributed by atoms with Crippen LogP contribution in [0, 0.1) is 0 Å². The van der Waals surface area contributed by atoms with E-state index in [-0.39, 0.29) is 0 Å². The summed E-state index contributed by atoms with van der Waals surface area (Å²) in [6.45, 7) is 0. The predicted octanol–water partition coefficient (Wildman–Crippen LogP) is 1.10. The van der Waals surface area contributed by atoms with E-state index in [1.807, 2.05) is 37.8 Å². The van der Waals surface area contributed by atoms with Crippen LogP contribution >= 0.6 is 0 Å². The van der Waals surface area contributed by atoms with Gasteiger partial charge in [0.15, 0.2) is 0 Å². The fourth-order valence-corrected chi connectivity index (χ4v) is 1.04. The van der Waals surface area contributed by atoms with Crippen molar-refractivity contribution in [1.29, 1.82) is 0 Å². The number of aromatic nitrogens is 3.